The molecule has 1 aromatic carbocycles. The third-order valence-corrected chi connectivity index (χ3v) is 5.66. The van der Waals surface area contributed by atoms with E-state index in [9.17, 15) is 10.2 Å². The van der Waals surface area contributed by atoms with Gasteiger partial charge in [0.1, 0.15) is 5.75 Å². The van der Waals surface area contributed by atoms with Gasteiger partial charge in [0.15, 0.2) is 0 Å². The molecule has 2 fully saturated rings. The second-order valence-electron chi connectivity index (χ2n) is 7.40. The molecule has 2 aliphatic rings. The van der Waals surface area contributed by atoms with Gasteiger partial charge in [0.2, 0.25) is 0 Å². The minimum atomic E-state index is -0.285. The highest BCUT2D eigenvalue weighted by molar-refractivity contribution is 5.30. The highest BCUT2D eigenvalue weighted by atomic mass is 16.3. The molecule has 0 amide bonds. The summed E-state index contributed by atoms with van der Waals surface area (Å²) in [5.74, 6) is 0.873. The molecule has 2 atom stereocenters. The van der Waals surface area contributed by atoms with Gasteiger partial charge in [-0.05, 0) is 68.8 Å². The zero-order valence-corrected chi connectivity index (χ0v) is 14.5. The number of rotatable bonds is 4. The molecule has 2 aromatic rings. The van der Waals surface area contributed by atoms with Crippen molar-refractivity contribution in [2.45, 2.75) is 56.7 Å². The van der Waals surface area contributed by atoms with Crippen molar-refractivity contribution in [1.29, 1.82) is 0 Å². The maximum absolute atomic E-state index is 10.0. The second kappa shape index (κ2) is 7.14. The van der Waals surface area contributed by atoms with E-state index in [0.29, 0.717) is 11.7 Å². The Kier molecular flexibility index (Phi) is 4.72. The first kappa shape index (κ1) is 16.5. The van der Waals surface area contributed by atoms with Gasteiger partial charge in [-0.1, -0.05) is 17.3 Å². The molecule has 4 rings (SSSR count). The summed E-state index contributed by atoms with van der Waals surface area (Å²) in [6, 6.07) is 7.74. The van der Waals surface area contributed by atoms with E-state index in [0.717, 1.165) is 57.4 Å². The van der Waals surface area contributed by atoms with Crippen LogP contribution in [-0.4, -0.2) is 49.3 Å². The van der Waals surface area contributed by atoms with Gasteiger partial charge in [-0.15, -0.1) is 5.10 Å². The van der Waals surface area contributed by atoms with Crippen LogP contribution in [-0.2, 0) is 6.54 Å². The summed E-state index contributed by atoms with van der Waals surface area (Å²) in [5.41, 5.74) is 2.22. The number of nitrogens with zero attached hydrogens (tertiary/aromatic N) is 4. The molecular formula is C19H26N4O2. The number of aromatic nitrogens is 3. The third kappa shape index (κ3) is 3.70. The van der Waals surface area contributed by atoms with E-state index < -0.39 is 0 Å². The average Bonchev–Trinajstić information content (AvgIpc) is 3.24. The number of aliphatic hydroxyl groups is 1. The summed E-state index contributed by atoms with van der Waals surface area (Å²) >= 11 is 0. The largest absolute Gasteiger partial charge is 0.508 e. The first-order valence-electron chi connectivity index (χ1n) is 9.29. The van der Waals surface area contributed by atoms with Crippen molar-refractivity contribution in [1.82, 2.24) is 19.9 Å². The van der Waals surface area contributed by atoms with Crippen LogP contribution in [0.2, 0.25) is 0 Å². The van der Waals surface area contributed by atoms with E-state index in [4.69, 9.17) is 0 Å². The van der Waals surface area contributed by atoms with E-state index in [1.54, 1.807) is 6.07 Å². The Balaban J connectivity index is 1.32. The fraction of sp³-hybridized carbons (Fsp3) is 0.579. The molecule has 2 N–H and O–H groups in total. The van der Waals surface area contributed by atoms with Crippen molar-refractivity contribution < 1.29 is 10.2 Å². The van der Waals surface area contributed by atoms with Gasteiger partial charge < -0.3 is 10.2 Å². The standard InChI is InChI=1S/C19H26N4O2/c24-17-4-1-3-15(11-17)14-7-9-22(10-8-14)12-16-13-23(21-20-16)18-5-2-6-19(18)25/h1,3-4,11,13-14,18-19,24-25H,2,5-10,12H2/t18?,19-/m1/s1. The molecule has 0 spiro atoms. The number of aromatic hydroxyl groups is 1. The topological polar surface area (TPSA) is 74.4 Å². The summed E-state index contributed by atoms with van der Waals surface area (Å²) in [7, 11) is 0. The molecule has 1 aliphatic heterocycles. The van der Waals surface area contributed by atoms with Crippen molar-refractivity contribution >= 4 is 0 Å². The van der Waals surface area contributed by atoms with Crippen LogP contribution in [0.15, 0.2) is 30.5 Å². The second-order valence-corrected chi connectivity index (χ2v) is 7.40. The number of phenolic OH excluding ortho intramolecular Hbond substituents is 1. The summed E-state index contributed by atoms with van der Waals surface area (Å²) in [6.07, 6.45) is 6.82. The Morgan fingerprint density at radius 1 is 1.12 bits per heavy atom. The number of piperidine rings is 1. The maximum atomic E-state index is 10.0. The molecule has 134 valence electrons. The lowest BCUT2D eigenvalue weighted by Crippen LogP contribution is -2.32. The smallest absolute Gasteiger partial charge is 0.115 e. The molecule has 1 aliphatic carbocycles. The molecule has 0 radical (unpaired) electrons. The third-order valence-electron chi connectivity index (χ3n) is 5.66. The first-order chi connectivity index (χ1) is 12.2. The highest BCUT2D eigenvalue weighted by Gasteiger charge is 2.28. The lowest BCUT2D eigenvalue weighted by molar-refractivity contribution is 0.129. The summed E-state index contributed by atoms with van der Waals surface area (Å²) < 4.78 is 1.85. The predicted molar refractivity (Wildman–Crippen MR) is 94.3 cm³/mol. The summed E-state index contributed by atoms with van der Waals surface area (Å²) in [5, 5.41) is 28.2. The molecule has 1 aromatic heterocycles. The van der Waals surface area contributed by atoms with Crippen molar-refractivity contribution in [2.24, 2.45) is 0 Å². The number of benzene rings is 1. The Bertz CT molecular complexity index is 709. The zero-order valence-electron chi connectivity index (χ0n) is 14.5. The van der Waals surface area contributed by atoms with Gasteiger partial charge in [-0.25, -0.2) is 4.68 Å². The molecule has 0 bridgehead atoms. The normalized spacial score (nSPS) is 25.5. The SMILES string of the molecule is Oc1cccc(C2CCN(Cc3cn(C4CCC[C@H]4O)nn3)CC2)c1. The van der Waals surface area contributed by atoms with Gasteiger partial charge >= 0.3 is 0 Å². The van der Waals surface area contributed by atoms with Crippen LogP contribution in [0, 0.1) is 0 Å². The number of likely N-dealkylation sites (tertiary alicyclic amines) is 1. The van der Waals surface area contributed by atoms with Crippen molar-refractivity contribution in [3.05, 3.63) is 41.7 Å². The minimum absolute atomic E-state index is 0.0951. The Morgan fingerprint density at radius 3 is 2.68 bits per heavy atom. The van der Waals surface area contributed by atoms with Crippen LogP contribution in [0.3, 0.4) is 0 Å². The van der Waals surface area contributed by atoms with Crippen LogP contribution >= 0.6 is 0 Å². The van der Waals surface area contributed by atoms with Gasteiger partial charge in [-0.3, -0.25) is 4.90 Å². The summed E-state index contributed by atoms with van der Waals surface area (Å²) in [6.45, 7) is 2.87. The van der Waals surface area contributed by atoms with E-state index in [2.05, 4.69) is 21.3 Å². The molecular weight excluding hydrogens is 316 g/mol. The van der Waals surface area contributed by atoms with Crippen LogP contribution in [0.4, 0.5) is 0 Å². The van der Waals surface area contributed by atoms with Crippen molar-refractivity contribution in [2.75, 3.05) is 13.1 Å². The van der Waals surface area contributed by atoms with Crippen LogP contribution < -0.4 is 0 Å². The monoisotopic (exact) mass is 342 g/mol. The van der Waals surface area contributed by atoms with E-state index in [1.165, 1.54) is 5.56 Å². The fourth-order valence-electron chi connectivity index (χ4n) is 4.21. The first-order valence-corrected chi connectivity index (χ1v) is 9.29. The average molecular weight is 342 g/mol. The zero-order chi connectivity index (χ0) is 17.2. The number of hydrogen-bond acceptors (Lipinski definition) is 5. The predicted octanol–water partition coefficient (Wildman–Crippen LogP) is 2.45. The van der Waals surface area contributed by atoms with E-state index >= 15 is 0 Å². The van der Waals surface area contributed by atoms with Gasteiger partial charge in [-0.2, -0.15) is 0 Å². The quantitative estimate of drug-likeness (QED) is 0.893. The lowest BCUT2D eigenvalue weighted by atomic mass is 9.89. The maximum Gasteiger partial charge on any atom is 0.115 e. The molecule has 6 heteroatoms. The van der Waals surface area contributed by atoms with Crippen molar-refractivity contribution in [3.63, 3.8) is 0 Å². The minimum Gasteiger partial charge on any atom is -0.508 e. The van der Waals surface area contributed by atoms with Crippen LogP contribution in [0.1, 0.15) is 55.3 Å². The molecule has 25 heavy (non-hydrogen) atoms. The molecule has 6 nitrogen and oxygen atoms in total. The Morgan fingerprint density at radius 2 is 1.96 bits per heavy atom. The molecule has 2 heterocycles. The van der Waals surface area contributed by atoms with Crippen LogP contribution in [0.25, 0.3) is 0 Å². The summed E-state index contributed by atoms with van der Waals surface area (Å²) in [4.78, 5) is 2.42. The van der Waals surface area contributed by atoms with Gasteiger partial charge in [0.05, 0.1) is 24.0 Å². The van der Waals surface area contributed by atoms with E-state index in [-0.39, 0.29) is 12.1 Å². The number of phenols is 1. The highest BCUT2D eigenvalue weighted by Crippen LogP contribution is 2.31. The molecule has 1 saturated carbocycles. The lowest BCUT2D eigenvalue weighted by Gasteiger charge is -2.31. The number of hydrogen-bond donors (Lipinski definition) is 2. The van der Waals surface area contributed by atoms with E-state index in [1.807, 2.05) is 23.0 Å². The van der Waals surface area contributed by atoms with Crippen molar-refractivity contribution in [3.8, 4) is 5.75 Å². The Labute approximate surface area is 148 Å². The molecule has 1 unspecified atom stereocenters. The van der Waals surface area contributed by atoms with Gasteiger partial charge in [0.25, 0.3) is 0 Å². The Hall–Kier alpha value is -1.92. The molecule has 1 saturated heterocycles. The fourth-order valence-corrected chi connectivity index (χ4v) is 4.21. The van der Waals surface area contributed by atoms with Gasteiger partial charge in [0, 0.05) is 6.54 Å². The number of aliphatic hydroxyl groups excluding tert-OH is 1. The van der Waals surface area contributed by atoms with Crippen LogP contribution in [0.5, 0.6) is 5.75 Å².